The van der Waals surface area contributed by atoms with Crippen molar-refractivity contribution in [1.29, 1.82) is 0 Å². The summed E-state index contributed by atoms with van der Waals surface area (Å²) < 4.78 is 88.9. The van der Waals surface area contributed by atoms with Crippen LogP contribution in [0.25, 0.3) is 11.1 Å². The van der Waals surface area contributed by atoms with Gasteiger partial charge in [0.1, 0.15) is 5.75 Å². The molecule has 3 aromatic rings. The number of rotatable bonds is 12. The van der Waals surface area contributed by atoms with Crippen LogP contribution in [0.15, 0.2) is 60.7 Å². The van der Waals surface area contributed by atoms with E-state index in [4.69, 9.17) is 9.47 Å². The van der Waals surface area contributed by atoms with Gasteiger partial charge in [-0.1, -0.05) is 24.3 Å². The van der Waals surface area contributed by atoms with Crippen molar-refractivity contribution in [3.63, 3.8) is 0 Å². The molecular weight excluding hydrogens is 576 g/mol. The van der Waals surface area contributed by atoms with E-state index in [-0.39, 0.29) is 38.2 Å². The normalized spacial score (nSPS) is 12.5. The molecule has 3 aromatic carbocycles. The Bertz CT molecular complexity index is 1360. The lowest BCUT2D eigenvalue weighted by Gasteiger charge is -2.21. The van der Waals surface area contributed by atoms with Gasteiger partial charge in [0.15, 0.2) is 0 Å². The molecule has 1 unspecified atom stereocenters. The van der Waals surface area contributed by atoms with Crippen molar-refractivity contribution in [3.05, 3.63) is 88.5 Å². The van der Waals surface area contributed by atoms with Crippen molar-refractivity contribution < 1.29 is 45.4 Å². The zero-order chi connectivity index (χ0) is 31.8. The van der Waals surface area contributed by atoms with Gasteiger partial charge in [0.2, 0.25) is 0 Å². The monoisotopic (exact) mass is 609 g/mol. The minimum absolute atomic E-state index is 0.0127. The zero-order valence-electron chi connectivity index (χ0n) is 24.0. The lowest BCUT2D eigenvalue weighted by Crippen LogP contribution is -2.26. The van der Waals surface area contributed by atoms with Gasteiger partial charge in [-0.3, -0.25) is 9.59 Å². The van der Waals surface area contributed by atoms with Crippen molar-refractivity contribution in [1.82, 2.24) is 5.32 Å². The van der Waals surface area contributed by atoms with E-state index in [2.05, 4.69) is 5.32 Å². The SMILES string of the molecule is CCOC(=O)CCNC(=O)c1ccc(C(CCC(F)(F)F)COc2cc(C)c(-c3ccc(C(F)(F)F)cc3)c(C)c2)cc1. The average Bonchev–Trinajstić information content (AvgIpc) is 2.92. The lowest BCUT2D eigenvalue weighted by molar-refractivity contribution is -0.143. The molecule has 0 aliphatic heterocycles. The van der Waals surface area contributed by atoms with Crippen molar-refractivity contribution >= 4 is 11.9 Å². The fraction of sp³-hybridized carbons (Fsp3) is 0.375. The number of alkyl halides is 6. The van der Waals surface area contributed by atoms with Crippen molar-refractivity contribution in [2.45, 2.75) is 58.3 Å². The van der Waals surface area contributed by atoms with Crippen molar-refractivity contribution in [2.75, 3.05) is 19.8 Å². The van der Waals surface area contributed by atoms with Gasteiger partial charge >= 0.3 is 18.3 Å². The van der Waals surface area contributed by atoms with Crippen LogP contribution in [0.3, 0.4) is 0 Å². The molecule has 0 heterocycles. The van der Waals surface area contributed by atoms with Crippen LogP contribution in [0.4, 0.5) is 26.3 Å². The number of hydrogen-bond donors (Lipinski definition) is 1. The summed E-state index contributed by atoms with van der Waals surface area (Å²) in [4.78, 5) is 23.8. The van der Waals surface area contributed by atoms with E-state index < -0.39 is 42.1 Å². The van der Waals surface area contributed by atoms with E-state index in [0.717, 1.165) is 28.8 Å². The maximum atomic E-state index is 13.1. The summed E-state index contributed by atoms with van der Waals surface area (Å²) in [5.74, 6) is -1.10. The van der Waals surface area contributed by atoms with Crippen LogP contribution in [0.2, 0.25) is 0 Å². The van der Waals surface area contributed by atoms with E-state index in [9.17, 15) is 35.9 Å². The number of nitrogens with one attached hydrogen (secondary N) is 1. The van der Waals surface area contributed by atoms with E-state index in [1.54, 1.807) is 45.0 Å². The van der Waals surface area contributed by atoms with Gasteiger partial charge < -0.3 is 14.8 Å². The second kappa shape index (κ2) is 14.4. The number of esters is 1. The first kappa shape index (κ1) is 33.5. The first-order chi connectivity index (χ1) is 20.2. The van der Waals surface area contributed by atoms with Gasteiger partial charge in [-0.15, -0.1) is 0 Å². The molecular formula is C32H33F6NO4. The summed E-state index contributed by atoms with van der Waals surface area (Å²) in [5, 5.41) is 2.60. The van der Waals surface area contributed by atoms with E-state index in [1.807, 2.05) is 0 Å². The van der Waals surface area contributed by atoms with Gasteiger partial charge in [-0.05, 0) is 91.4 Å². The average molecular weight is 610 g/mol. The first-order valence-electron chi connectivity index (χ1n) is 13.7. The van der Waals surface area contributed by atoms with Crippen LogP contribution in [-0.2, 0) is 15.7 Å². The molecule has 0 radical (unpaired) electrons. The zero-order valence-corrected chi connectivity index (χ0v) is 24.0. The predicted molar refractivity (Wildman–Crippen MR) is 150 cm³/mol. The van der Waals surface area contributed by atoms with Crippen LogP contribution in [0.1, 0.15) is 64.7 Å². The summed E-state index contributed by atoms with van der Waals surface area (Å²) in [6.07, 6.45) is -10.1. The van der Waals surface area contributed by atoms with Gasteiger partial charge in [-0.25, -0.2) is 0 Å². The first-order valence-corrected chi connectivity index (χ1v) is 13.7. The molecule has 0 spiro atoms. The Morgan fingerprint density at radius 2 is 1.49 bits per heavy atom. The largest absolute Gasteiger partial charge is 0.493 e. The molecule has 1 atom stereocenters. The summed E-state index contributed by atoms with van der Waals surface area (Å²) in [7, 11) is 0. The summed E-state index contributed by atoms with van der Waals surface area (Å²) in [6, 6.07) is 14.4. The fourth-order valence-electron chi connectivity index (χ4n) is 4.69. The smallest absolute Gasteiger partial charge is 0.416 e. The molecule has 0 fully saturated rings. The Morgan fingerprint density at radius 3 is 2.02 bits per heavy atom. The third-order valence-corrected chi connectivity index (χ3v) is 6.80. The molecule has 0 saturated carbocycles. The second-order valence-electron chi connectivity index (χ2n) is 10.1. The molecule has 0 aliphatic rings. The molecule has 0 aliphatic carbocycles. The molecule has 5 nitrogen and oxygen atoms in total. The highest BCUT2D eigenvalue weighted by Gasteiger charge is 2.30. The molecule has 1 N–H and O–H groups in total. The third kappa shape index (κ3) is 10.0. The number of aryl methyl sites for hydroxylation is 2. The van der Waals surface area contributed by atoms with Gasteiger partial charge in [0, 0.05) is 24.4 Å². The van der Waals surface area contributed by atoms with Crippen LogP contribution >= 0.6 is 0 Å². The maximum absolute atomic E-state index is 13.1. The summed E-state index contributed by atoms with van der Waals surface area (Å²) >= 11 is 0. The highest BCUT2D eigenvalue weighted by molar-refractivity contribution is 5.94. The van der Waals surface area contributed by atoms with Crippen molar-refractivity contribution in [3.8, 4) is 16.9 Å². The number of amides is 1. The second-order valence-corrected chi connectivity index (χ2v) is 10.1. The number of carbonyl (C=O) groups is 2. The summed E-state index contributed by atoms with van der Waals surface area (Å²) in [5.41, 5.74) is 2.91. The standard InChI is InChI=1S/C32H33F6NO4/c1-4-42-28(40)14-16-39-30(41)24-7-5-22(6-8-24)25(13-15-31(33,34)35)19-43-27-17-20(2)29(21(3)18-27)23-9-11-26(12-10-23)32(36,37)38/h5-12,17-18,25H,4,13-16,19H2,1-3H3,(H,39,41). The minimum Gasteiger partial charge on any atom is -0.493 e. The number of benzene rings is 3. The molecule has 0 bridgehead atoms. The Balaban J connectivity index is 1.72. The predicted octanol–water partition coefficient (Wildman–Crippen LogP) is 8.18. The molecule has 0 aromatic heterocycles. The Morgan fingerprint density at radius 1 is 0.884 bits per heavy atom. The Hall–Kier alpha value is -4.02. The van der Waals surface area contributed by atoms with Gasteiger partial charge in [-0.2, -0.15) is 26.3 Å². The molecule has 3 rings (SSSR count). The number of ether oxygens (including phenoxy) is 2. The highest BCUT2D eigenvalue weighted by Crippen LogP contribution is 2.35. The highest BCUT2D eigenvalue weighted by atomic mass is 19.4. The van der Waals surface area contributed by atoms with Gasteiger partial charge in [0.05, 0.1) is 25.2 Å². The van der Waals surface area contributed by atoms with Crippen molar-refractivity contribution in [2.24, 2.45) is 0 Å². The number of hydrogen-bond acceptors (Lipinski definition) is 4. The number of halogens is 6. The maximum Gasteiger partial charge on any atom is 0.416 e. The topological polar surface area (TPSA) is 64.6 Å². The van der Waals surface area contributed by atoms with Gasteiger partial charge in [0.25, 0.3) is 5.91 Å². The Kier molecular flexibility index (Phi) is 11.2. The quantitative estimate of drug-likeness (QED) is 0.166. The lowest BCUT2D eigenvalue weighted by atomic mass is 9.93. The van der Waals surface area contributed by atoms with Crippen LogP contribution in [0.5, 0.6) is 5.75 Å². The van der Waals surface area contributed by atoms with E-state index in [0.29, 0.717) is 16.9 Å². The molecule has 43 heavy (non-hydrogen) atoms. The van der Waals surface area contributed by atoms with Crippen LogP contribution < -0.4 is 10.1 Å². The summed E-state index contributed by atoms with van der Waals surface area (Å²) in [6.45, 7) is 5.49. The molecule has 0 saturated heterocycles. The Labute approximate surface area is 246 Å². The van der Waals surface area contributed by atoms with Crippen LogP contribution in [0, 0.1) is 13.8 Å². The fourth-order valence-corrected chi connectivity index (χ4v) is 4.69. The minimum atomic E-state index is -4.44. The molecule has 1 amide bonds. The third-order valence-electron chi connectivity index (χ3n) is 6.80. The van der Waals surface area contributed by atoms with E-state index >= 15 is 0 Å². The number of carbonyl (C=O) groups excluding carboxylic acids is 2. The molecule has 232 valence electrons. The molecule has 11 heteroatoms. The van der Waals surface area contributed by atoms with E-state index in [1.165, 1.54) is 24.3 Å². The van der Waals surface area contributed by atoms with Crippen LogP contribution in [-0.4, -0.2) is 37.8 Å².